The number of H-pyrrole nitrogens is 1. The molecule has 0 spiro atoms. The van der Waals surface area contributed by atoms with Crippen molar-refractivity contribution in [1.82, 2.24) is 4.98 Å². The number of hydrogen-bond donors (Lipinski definition) is 1. The molecule has 0 atom stereocenters. The maximum atomic E-state index is 10.9. The molecule has 1 heterocycles. The Hall–Kier alpha value is -1.85. The van der Waals surface area contributed by atoms with Crippen molar-refractivity contribution >= 4 is 5.69 Å². The summed E-state index contributed by atoms with van der Waals surface area (Å²) in [7, 11) is 1.27. The molecule has 6 nitrogen and oxygen atoms in total. The van der Waals surface area contributed by atoms with Gasteiger partial charge in [-0.05, 0) is 0 Å². The minimum atomic E-state index is -0.780. The van der Waals surface area contributed by atoms with Crippen molar-refractivity contribution in [3.8, 4) is 5.75 Å². The average molecular weight is 170 g/mol. The lowest BCUT2D eigenvalue weighted by Gasteiger charge is -1.97. The number of ether oxygens (including phenoxy) is 1. The Labute approximate surface area is 66.9 Å². The molecule has 0 aliphatic carbocycles. The fourth-order valence-corrected chi connectivity index (χ4v) is 0.790. The highest BCUT2D eigenvalue weighted by Crippen LogP contribution is 2.19. The molecule has 0 saturated carbocycles. The van der Waals surface area contributed by atoms with Gasteiger partial charge in [0.05, 0.1) is 12.0 Å². The van der Waals surface area contributed by atoms with E-state index in [1.165, 1.54) is 19.4 Å². The summed E-state index contributed by atoms with van der Waals surface area (Å²) in [5, 5.41) is 10.3. The second kappa shape index (κ2) is 3.04. The Balaban J connectivity index is 3.40. The number of aromatic amines is 1. The van der Waals surface area contributed by atoms with Crippen LogP contribution in [-0.2, 0) is 0 Å². The van der Waals surface area contributed by atoms with Crippen molar-refractivity contribution in [1.29, 1.82) is 0 Å². The van der Waals surface area contributed by atoms with Gasteiger partial charge in [0.25, 0.3) is 0 Å². The van der Waals surface area contributed by atoms with E-state index in [-0.39, 0.29) is 5.75 Å². The van der Waals surface area contributed by atoms with Crippen LogP contribution >= 0.6 is 0 Å². The number of aromatic nitrogens is 1. The van der Waals surface area contributed by atoms with Crippen molar-refractivity contribution in [3.05, 3.63) is 32.7 Å². The van der Waals surface area contributed by atoms with E-state index in [0.29, 0.717) is 0 Å². The first-order valence-corrected chi connectivity index (χ1v) is 3.07. The SMILES string of the molecule is COc1cc[nH]c(=O)c1[N+](=O)[O-]. The van der Waals surface area contributed by atoms with E-state index in [1.54, 1.807) is 0 Å². The molecule has 0 aliphatic heterocycles. The quantitative estimate of drug-likeness (QED) is 0.510. The molecule has 0 fully saturated rings. The standard InChI is InChI=1S/C6H6N2O4/c1-12-4-2-3-7-6(9)5(4)8(10)11/h2-3H,1H3,(H,7,9). The predicted octanol–water partition coefficient (Wildman–Crippen LogP) is 0.292. The zero-order valence-corrected chi connectivity index (χ0v) is 6.23. The summed E-state index contributed by atoms with van der Waals surface area (Å²) in [5.41, 5.74) is -1.33. The van der Waals surface area contributed by atoms with Gasteiger partial charge in [-0.15, -0.1) is 0 Å². The van der Waals surface area contributed by atoms with Crippen LogP contribution in [0.3, 0.4) is 0 Å². The Morgan fingerprint density at radius 3 is 2.75 bits per heavy atom. The maximum Gasteiger partial charge on any atom is 0.375 e. The third-order valence-electron chi connectivity index (χ3n) is 1.30. The molecule has 0 amide bonds. The van der Waals surface area contributed by atoms with E-state index < -0.39 is 16.2 Å². The summed E-state index contributed by atoms with van der Waals surface area (Å²) in [6.45, 7) is 0. The van der Waals surface area contributed by atoms with E-state index in [1.807, 2.05) is 0 Å². The molecule has 0 bridgehead atoms. The predicted molar refractivity (Wildman–Crippen MR) is 40.3 cm³/mol. The number of hydrogen-bond acceptors (Lipinski definition) is 4. The second-order valence-electron chi connectivity index (χ2n) is 1.98. The fraction of sp³-hybridized carbons (Fsp3) is 0.167. The molecule has 12 heavy (non-hydrogen) atoms. The molecule has 1 aromatic rings. The van der Waals surface area contributed by atoms with E-state index in [2.05, 4.69) is 9.72 Å². The first kappa shape index (κ1) is 8.25. The van der Waals surface area contributed by atoms with Crippen LogP contribution in [0.1, 0.15) is 0 Å². The van der Waals surface area contributed by atoms with E-state index in [4.69, 9.17) is 0 Å². The summed E-state index contributed by atoms with van der Waals surface area (Å²) in [6.07, 6.45) is 1.29. The van der Waals surface area contributed by atoms with E-state index >= 15 is 0 Å². The maximum absolute atomic E-state index is 10.9. The van der Waals surface area contributed by atoms with Crippen LogP contribution in [0, 0.1) is 10.1 Å². The van der Waals surface area contributed by atoms with Gasteiger partial charge in [-0.25, -0.2) is 0 Å². The Morgan fingerprint density at radius 2 is 2.33 bits per heavy atom. The molecule has 0 saturated heterocycles. The first-order chi connectivity index (χ1) is 5.66. The van der Waals surface area contributed by atoms with Crippen LogP contribution in [0.2, 0.25) is 0 Å². The van der Waals surface area contributed by atoms with Gasteiger partial charge < -0.3 is 9.72 Å². The van der Waals surface area contributed by atoms with Crippen LogP contribution in [0.15, 0.2) is 17.1 Å². The number of pyridine rings is 1. The first-order valence-electron chi connectivity index (χ1n) is 3.07. The number of nitrogens with zero attached hydrogens (tertiary/aromatic N) is 1. The molecule has 1 N–H and O–H groups in total. The van der Waals surface area contributed by atoms with Gasteiger partial charge >= 0.3 is 11.2 Å². The molecular weight excluding hydrogens is 164 g/mol. The summed E-state index contributed by atoms with van der Waals surface area (Å²) in [4.78, 5) is 22.6. The molecule has 1 aromatic heterocycles. The van der Waals surface area contributed by atoms with Crippen LogP contribution in [0.4, 0.5) is 5.69 Å². The van der Waals surface area contributed by atoms with E-state index in [9.17, 15) is 14.9 Å². The molecule has 0 unspecified atom stereocenters. The average Bonchev–Trinajstić information content (AvgIpc) is 2.03. The molecule has 1 rings (SSSR count). The summed E-state index contributed by atoms with van der Waals surface area (Å²) < 4.78 is 4.63. The van der Waals surface area contributed by atoms with Crippen molar-refractivity contribution in [3.63, 3.8) is 0 Å². The van der Waals surface area contributed by atoms with Gasteiger partial charge in [0.15, 0.2) is 0 Å². The van der Waals surface area contributed by atoms with Crippen molar-refractivity contribution in [2.75, 3.05) is 7.11 Å². The van der Waals surface area contributed by atoms with Crippen LogP contribution in [-0.4, -0.2) is 17.0 Å². The lowest BCUT2D eigenvalue weighted by Crippen LogP contribution is -2.11. The fourth-order valence-electron chi connectivity index (χ4n) is 0.790. The van der Waals surface area contributed by atoms with Crippen molar-refractivity contribution in [2.24, 2.45) is 0 Å². The van der Waals surface area contributed by atoms with Crippen molar-refractivity contribution in [2.45, 2.75) is 0 Å². The molecule has 0 aromatic carbocycles. The molecule has 64 valence electrons. The van der Waals surface area contributed by atoms with Crippen molar-refractivity contribution < 1.29 is 9.66 Å². The highest BCUT2D eigenvalue weighted by molar-refractivity contribution is 5.42. The topological polar surface area (TPSA) is 85.2 Å². The third kappa shape index (κ3) is 1.26. The second-order valence-corrected chi connectivity index (χ2v) is 1.98. The smallest absolute Gasteiger partial charge is 0.375 e. The minimum absolute atomic E-state index is 0.0382. The zero-order chi connectivity index (χ0) is 9.14. The van der Waals surface area contributed by atoms with Gasteiger partial charge in [0.2, 0.25) is 5.75 Å². The number of rotatable bonds is 2. The van der Waals surface area contributed by atoms with E-state index in [0.717, 1.165) is 0 Å². The Kier molecular flexibility index (Phi) is 2.09. The zero-order valence-electron chi connectivity index (χ0n) is 6.23. The molecular formula is C6H6N2O4. The number of methoxy groups -OCH3 is 1. The molecule has 6 heteroatoms. The van der Waals surface area contributed by atoms with Crippen LogP contribution < -0.4 is 10.3 Å². The van der Waals surface area contributed by atoms with Crippen LogP contribution in [0.5, 0.6) is 5.75 Å². The lowest BCUT2D eigenvalue weighted by atomic mass is 10.4. The highest BCUT2D eigenvalue weighted by atomic mass is 16.6. The van der Waals surface area contributed by atoms with Gasteiger partial charge in [-0.1, -0.05) is 0 Å². The van der Waals surface area contributed by atoms with Gasteiger partial charge in [-0.2, -0.15) is 0 Å². The van der Waals surface area contributed by atoms with Gasteiger partial charge in [0.1, 0.15) is 0 Å². The summed E-state index contributed by atoms with van der Waals surface area (Å²) in [5.74, 6) is -0.0382. The summed E-state index contributed by atoms with van der Waals surface area (Å²) >= 11 is 0. The number of nitrogens with one attached hydrogen (secondary N) is 1. The lowest BCUT2D eigenvalue weighted by molar-refractivity contribution is -0.387. The third-order valence-corrected chi connectivity index (χ3v) is 1.30. The Morgan fingerprint density at radius 1 is 1.67 bits per heavy atom. The largest absolute Gasteiger partial charge is 0.490 e. The highest BCUT2D eigenvalue weighted by Gasteiger charge is 2.18. The van der Waals surface area contributed by atoms with Gasteiger partial charge in [0, 0.05) is 12.3 Å². The normalized spacial score (nSPS) is 9.42. The monoisotopic (exact) mass is 170 g/mol. The minimum Gasteiger partial charge on any atom is -0.490 e. The molecule has 0 radical (unpaired) electrons. The molecule has 0 aliphatic rings. The Bertz CT molecular complexity index is 357. The number of nitro groups is 1. The van der Waals surface area contributed by atoms with Crippen LogP contribution in [0.25, 0.3) is 0 Å². The van der Waals surface area contributed by atoms with Gasteiger partial charge in [-0.3, -0.25) is 14.9 Å². The summed E-state index contributed by atoms with van der Waals surface area (Å²) in [6, 6.07) is 1.32.